The number of hydrogen-bond donors (Lipinski definition) is 2. The minimum atomic E-state index is -0.647. The van der Waals surface area contributed by atoms with Gasteiger partial charge in [0.15, 0.2) is 5.82 Å². The number of amides is 1. The summed E-state index contributed by atoms with van der Waals surface area (Å²) < 4.78 is 10.7. The van der Waals surface area contributed by atoms with Crippen LogP contribution in [0.4, 0.5) is 11.5 Å². The number of carbonyl (C=O) groups is 1. The molecule has 0 fully saturated rings. The van der Waals surface area contributed by atoms with E-state index in [0.717, 1.165) is 5.56 Å². The van der Waals surface area contributed by atoms with E-state index in [4.69, 9.17) is 20.9 Å². The van der Waals surface area contributed by atoms with E-state index in [0.29, 0.717) is 28.0 Å². The SMILES string of the molecule is Cc1cc(NC(=O)C(Nc2ccc(OC(C)C)c(Cl)c2)c2ccccc2)no1. The highest BCUT2D eigenvalue weighted by molar-refractivity contribution is 6.32. The molecule has 1 aromatic heterocycles. The van der Waals surface area contributed by atoms with Crippen molar-refractivity contribution in [2.24, 2.45) is 0 Å². The molecule has 0 aliphatic heterocycles. The predicted molar refractivity (Wildman–Crippen MR) is 110 cm³/mol. The average molecular weight is 400 g/mol. The third-order valence-electron chi connectivity index (χ3n) is 3.88. The standard InChI is InChI=1S/C21H22ClN3O3/c1-13(2)27-18-10-9-16(12-17(18)22)23-20(15-7-5-4-6-8-15)21(26)24-19-11-14(3)28-25-19/h4-13,20,23H,1-3H3,(H,24,25,26). The highest BCUT2D eigenvalue weighted by Gasteiger charge is 2.22. The second-order valence-electron chi connectivity index (χ2n) is 6.61. The first-order valence-electron chi connectivity index (χ1n) is 8.94. The summed E-state index contributed by atoms with van der Waals surface area (Å²) >= 11 is 6.33. The molecule has 0 bridgehead atoms. The molecule has 3 rings (SSSR count). The lowest BCUT2D eigenvalue weighted by atomic mass is 10.1. The number of carbonyl (C=O) groups excluding carboxylic acids is 1. The normalized spacial score (nSPS) is 11.9. The molecule has 3 aromatic rings. The fourth-order valence-electron chi connectivity index (χ4n) is 2.68. The Labute approximate surface area is 168 Å². The molecular formula is C21H22ClN3O3. The third kappa shape index (κ3) is 5.04. The Bertz CT molecular complexity index is 941. The number of hydrogen-bond acceptors (Lipinski definition) is 5. The van der Waals surface area contributed by atoms with Gasteiger partial charge in [-0.2, -0.15) is 0 Å². The monoisotopic (exact) mass is 399 g/mol. The fourth-order valence-corrected chi connectivity index (χ4v) is 2.90. The summed E-state index contributed by atoms with van der Waals surface area (Å²) in [6.07, 6.45) is 0.0186. The van der Waals surface area contributed by atoms with Crippen LogP contribution in [0.3, 0.4) is 0 Å². The molecule has 2 N–H and O–H groups in total. The molecule has 1 atom stereocenters. The Balaban J connectivity index is 1.83. The van der Waals surface area contributed by atoms with Gasteiger partial charge in [-0.05, 0) is 44.5 Å². The zero-order valence-corrected chi connectivity index (χ0v) is 16.7. The molecular weight excluding hydrogens is 378 g/mol. The summed E-state index contributed by atoms with van der Waals surface area (Å²) in [5, 5.41) is 10.3. The van der Waals surface area contributed by atoms with Crippen LogP contribution < -0.4 is 15.4 Å². The minimum absolute atomic E-state index is 0.0186. The van der Waals surface area contributed by atoms with Crippen molar-refractivity contribution in [2.75, 3.05) is 10.6 Å². The predicted octanol–water partition coefficient (Wildman–Crippen LogP) is 5.22. The van der Waals surface area contributed by atoms with Gasteiger partial charge >= 0.3 is 0 Å². The molecule has 28 heavy (non-hydrogen) atoms. The zero-order valence-electron chi connectivity index (χ0n) is 15.9. The number of aryl methyl sites for hydroxylation is 1. The van der Waals surface area contributed by atoms with Gasteiger partial charge in [0.2, 0.25) is 0 Å². The van der Waals surface area contributed by atoms with Crippen LogP contribution in [0.25, 0.3) is 0 Å². The quantitative estimate of drug-likeness (QED) is 0.569. The summed E-state index contributed by atoms with van der Waals surface area (Å²) in [4.78, 5) is 12.9. The molecule has 0 aliphatic carbocycles. The van der Waals surface area contributed by atoms with E-state index in [9.17, 15) is 4.79 Å². The van der Waals surface area contributed by atoms with E-state index in [1.165, 1.54) is 0 Å². The van der Waals surface area contributed by atoms with Gasteiger partial charge in [-0.1, -0.05) is 47.1 Å². The number of ether oxygens (including phenoxy) is 1. The van der Waals surface area contributed by atoms with Gasteiger partial charge < -0.3 is 19.9 Å². The van der Waals surface area contributed by atoms with Crippen molar-refractivity contribution >= 4 is 29.0 Å². The van der Waals surface area contributed by atoms with Gasteiger partial charge in [-0.15, -0.1) is 0 Å². The molecule has 1 heterocycles. The highest BCUT2D eigenvalue weighted by Crippen LogP contribution is 2.30. The highest BCUT2D eigenvalue weighted by atomic mass is 35.5. The van der Waals surface area contributed by atoms with Crippen molar-refractivity contribution in [3.8, 4) is 5.75 Å². The van der Waals surface area contributed by atoms with E-state index in [-0.39, 0.29) is 12.0 Å². The fraction of sp³-hybridized carbons (Fsp3) is 0.238. The number of aromatic nitrogens is 1. The molecule has 146 valence electrons. The Morgan fingerprint density at radius 1 is 1.14 bits per heavy atom. The van der Waals surface area contributed by atoms with E-state index >= 15 is 0 Å². The molecule has 6 nitrogen and oxygen atoms in total. The largest absolute Gasteiger partial charge is 0.489 e. The minimum Gasteiger partial charge on any atom is -0.489 e. The van der Waals surface area contributed by atoms with Crippen molar-refractivity contribution in [3.63, 3.8) is 0 Å². The van der Waals surface area contributed by atoms with Crippen molar-refractivity contribution in [1.29, 1.82) is 0 Å². The molecule has 1 unspecified atom stereocenters. The number of nitrogens with one attached hydrogen (secondary N) is 2. The van der Waals surface area contributed by atoms with Gasteiger partial charge in [0.25, 0.3) is 5.91 Å². The maximum absolute atomic E-state index is 12.9. The number of nitrogens with zero attached hydrogens (tertiary/aromatic N) is 1. The van der Waals surface area contributed by atoms with Crippen molar-refractivity contribution in [2.45, 2.75) is 32.9 Å². The lowest BCUT2D eigenvalue weighted by Crippen LogP contribution is -2.27. The first-order valence-corrected chi connectivity index (χ1v) is 9.32. The number of anilines is 2. The van der Waals surface area contributed by atoms with E-state index in [2.05, 4.69) is 15.8 Å². The molecule has 1 amide bonds. The lowest BCUT2D eigenvalue weighted by molar-refractivity contribution is -0.117. The van der Waals surface area contributed by atoms with Gasteiger partial charge in [-0.25, -0.2) is 0 Å². The molecule has 0 saturated heterocycles. The molecule has 0 radical (unpaired) electrons. The van der Waals surface area contributed by atoms with Crippen molar-refractivity contribution in [1.82, 2.24) is 5.16 Å². The van der Waals surface area contributed by atoms with Crippen LogP contribution in [0.2, 0.25) is 5.02 Å². The Morgan fingerprint density at radius 2 is 1.89 bits per heavy atom. The van der Waals surface area contributed by atoms with Gasteiger partial charge in [0.1, 0.15) is 17.6 Å². The first kappa shape index (κ1) is 19.8. The average Bonchev–Trinajstić information content (AvgIpc) is 3.07. The second-order valence-corrected chi connectivity index (χ2v) is 7.02. The second kappa shape index (κ2) is 8.80. The zero-order chi connectivity index (χ0) is 20.1. The summed E-state index contributed by atoms with van der Waals surface area (Å²) in [5.74, 6) is 1.31. The van der Waals surface area contributed by atoms with Crippen molar-refractivity contribution < 1.29 is 14.1 Å². The Kier molecular flexibility index (Phi) is 6.21. The molecule has 0 aliphatic rings. The first-order chi connectivity index (χ1) is 13.4. The van der Waals surface area contributed by atoms with Crippen LogP contribution in [-0.4, -0.2) is 17.2 Å². The molecule has 7 heteroatoms. The summed E-state index contributed by atoms with van der Waals surface area (Å²) in [6, 6.07) is 15.8. The van der Waals surface area contributed by atoms with Crippen LogP contribution in [-0.2, 0) is 4.79 Å². The molecule has 0 spiro atoms. The van der Waals surface area contributed by atoms with Crippen LogP contribution in [0.15, 0.2) is 59.1 Å². The Morgan fingerprint density at radius 3 is 2.50 bits per heavy atom. The molecule has 2 aromatic carbocycles. The van der Waals surface area contributed by atoms with E-state index in [1.807, 2.05) is 50.2 Å². The lowest BCUT2D eigenvalue weighted by Gasteiger charge is -2.20. The van der Waals surface area contributed by atoms with E-state index in [1.54, 1.807) is 25.1 Å². The summed E-state index contributed by atoms with van der Waals surface area (Å²) in [6.45, 7) is 5.63. The topological polar surface area (TPSA) is 76.4 Å². The van der Waals surface area contributed by atoms with Gasteiger partial charge in [0.05, 0.1) is 11.1 Å². The third-order valence-corrected chi connectivity index (χ3v) is 4.18. The van der Waals surface area contributed by atoms with Crippen LogP contribution in [0.5, 0.6) is 5.75 Å². The van der Waals surface area contributed by atoms with Crippen LogP contribution in [0, 0.1) is 6.92 Å². The molecule has 0 saturated carbocycles. The van der Waals surface area contributed by atoms with Crippen LogP contribution >= 0.6 is 11.6 Å². The number of benzene rings is 2. The Hall–Kier alpha value is -2.99. The summed E-state index contributed by atoms with van der Waals surface area (Å²) in [5.41, 5.74) is 1.50. The van der Waals surface area contributed by atoms with Crippen molar-refractivity contribution in [3.05, 3.63) is 70.9 Å². The van der Waals surface area contributed by atoms with E-state index < -0.39 is 6.04 Å². The smallest absolute Gasteiger partial charge is 0.252 e. The number of halogens is 1. The maximum atomic E-state index is 12.9. The summed E-state index contributed by atoms with van der Waals surface area (Å²) in [7, 11) is 0. The maximum Gasteiger partial charge on any atom is 0.252 e. The van der Waals surface area contributed by atoms with Gasteiger partial charge in [-0.3, -0.25) is 4.79 Å². The number of rotatable bonds is 7. The van der Waals surface area contributed by atoms with Crippen LogP contribution in [0.1, 0.15) is 31.2 Å². The van der Waals surface area contributed by atoms with Gasteiger partial charge in [0, 0.05) is 11.8 Å².